The number of carboxylic acid groups (broad SMARTS) is 1. The monoisotopic (exact) mass is 193 g/mol. The first-order valence-corrected chi connectivity index (χ1v) is 3.15. The van der Waals surface area contributed by atoms with Crippen LogP contribution in [0.1, 0.15) is 6.42 Å². The first-order chi connectivity index (χ1) is 4.04. The number of aliphatic carboxylic acids is 1. The van der Waals surface area contributed by atoms with Crippen molar-refractivity contribution in [1.82, 2.24) is 0 Å². The Labute approximate surface area is 61.7 Å². The fourth-order valence-corrected chi connectivity index (χ4v) is 0.675. The zero-order chi connectivity index (χ0) is 7.44. The van der Waals surface area contributed by atoms with Crippen LogP contribution < -0.4 is 5.73 Å². The highest BCUT2D eigenvalue weighted by molar-refractivity contribution is 9.11. The summed E-state index contributed by atoms with van der Waals surface area (Å²) in [6.07, 6.45) is 0.273. The minimum Gasteiger partial charge on any atom is -0.480 e. The lowest BCUT2D eigenvalue weighted by Crippen LogP contribution is -2.29. The fraction of sp³-hybridized carbons (Fsp3) is 0.400. The third-order valence-corrected chi connectivity index (χ3v) is 1.08. The average molecular weight is 194 g/mol. The van der Waals surface area contributed by atoms with Crippen LogP contribution in [0.5, 0.6) is 0 Å². The fourth-order valence-electron chi connectivity index (χ4n) is 0.326. The zero-order valence-electron chi connectivity index (χ0n) is 4.80. The minimum atomic E-state index is -1.00. The topological polar surface area (TPSA) is 63.3 Å². The van der Waals surface area contributed by atoms with Gasteiger partial charge in [-0.3, -0.25) is 4.79 Å². The summed E-state index contributed by atoms with van der Waals surface area (Å²) in [7, 11) is 0. The van der Waals surface area contributed by atoms with Gasteiger partial charge in [-0.15, -0.1) is 0 Å². The Morgan fingerprint density at radius 2 is 2.33 bits per heavy atom. The number of rotatable bonds is 3. The van der Waals surface area contributed by atoms with Crippen LogP contribution in [-0.2, 0) is 4.79 Å². The molecule has 0 rings (SSSR count). The lowest BCUT2D eigenvalue weighted by Gasteiger charge is -2.02. The van der Waals surface area contributed by atoms with Crippen molar-refractivity contribution >= 4 is 21.9 Å². The van der Waals surface area contributed by atoms with E-state index in [2.05, 4.69) is 22.5 Å². The zero-order valence-corrected chi connectivity index (χ0v) is 6.39. The molecule has 0 saturated heterocycles. The van der Waals surface area contributed by atoms with Crippen molar-refractivity contribution in [3.63, 3.8) is 0 Å². The molecule has 0 saturated carbocycles. The molecule has 0 amide bonds. The molecule has 0 bridgehead atoms. The van der Waals surface area contributed by atoms with Crippen LogP contribution >= 0.6 is 15.9 Å². The number of halogens is 1. The second-order valence-electron chi connectivity index (χ2n) is 1.67. The van der Waals surface area contributed by atoms with Gasteiger partial charge in [0, 0.05) is 6.42 Å². The van der Waals surface area contributed by atoms with Gasteiger partial charge in [0.2, 0.25) is 0 Å². The molecule has 3 N–H and O–H groups in total. The predicted octanol–water partition coefficient (Wildman–Crippen LogP) is 0.697. The van der Waals surface area contributed by atoms with Gasteiger partial charge in [-0.1, -0.05) is 22.5 Å². The van der Waals surface area contributed by atoms with E-state index in [-0.39, 0.29) is 6.42 Å². The first kappa shape index (κ1) is 8.65. The Balaban J connectivity index is 3.63. The number of nitrogens with two attached hydrogens (primary N) is 1. The molecule has 0 aromatic heterocycles. The highest BCUT2D eigenvalue weighted by Gasteiger charge is 2.10. The molecule has 0 aliphatic rings. The summed E-state index contributed by atoms with van der Waals surface area (Å²) in [5.74, 6) is -1.00. The van der Waals surface area contributed by atoms with Gasteiger partial charge in [0.25, 0.3) is 0 Å². The molecule has 3 nitrogen and oxygen atoms in total. The predicted molar refractivity (Wildman–Crippen MR) is 38.3 cm³/mol. The molecule has 0 aromatic rings. The molecule has 0 heterocycles. The van der Waals surface area contributed by atoms with Crippen molar-refractivity contribution in [3.05, 3.63) is 11.1 Å². The summed E-state index contributed by atoms with van der Waals surface area (Å²) in [5.41, 5.74) is 5.13. The Kier molecular flexibility index (Phi) is 3.49. The highest BCUT2D eigenvalue weighted by atomic mass is 79.9. The van der Waals surface area contributed by atoms with Crippen molar-refractivity contribution in [2.45, 2.75) is 12.5 Å². The summed E-state index contributed by atoms with van der Waals surface area (Å²) in [6.45, 7) is 3.45. The number of carboxylic acids is 1. The summed E-state index contributed by atoms with van der Waals surface area (Å²) in [5, 5.41) is 8.24. The molecular formula is C5H8BrNO2. The molecule has 1 atom stereocenters. The summed E-state index contributed by atoms with van der Waals surface area (Å²) in [4.78, 5) is 10.0. The molecule has 9 heavy (non-hydrogen) atoms. The molecular weight excluding hydrogens is 186 g/mol. The van der Waals surface area contributed by atoms with E-state index in [4.69, 9.17) is 10.8 Å². The molecule has 1 unspecified atom stereocenters. The van der Waals surface area contributed by atoms with Crippen LogP contribution in [0.15, 0.2) is 11.1 Å². The maximum absolute atomic E-state index is 10.0. The van der Waals surface area contributed by atoms with E-state index in [1.807, 2.05) is 0 Å². The standard InChI is InChI=1S/C5H8BrNO2/c1-3(6)2-4(7)5(8)9/h4H,1-2,7H2,(H,8,9). The van der Waals surface area contributed by atoms with Gasteiger partial charge in [0.05, 0.1) is 0 Å². The second kappa shape index (κ2) is 3.63. The molecule has 0 aliphatic carbocycles. The molecule has 0 aliphatic heterocycles. The minimum absolute atomic E-state index is 0.273. The average Bonchev–Trinajstić information content (AvgIpc) is 1.63. The van der Waals surface area contributed by atoms with Gasteiger partial charge in [-0.25, -0.2) is 0 Å². The number of carbonyl (C=O) groups is 1. The van der Waals surface area contributed by atoms with Gasteiger partial charge in [-0.2, -0.15) is 0 Å². The Morgan fingerprint density at radius 3 is 2.44 bits per heavy atom. The molecule has 0 fully saturated rings. The van der Waals surface area contributed by atoms with Crippen molar-refractivity contribution in [1.29, 1.82) is 0 Å². The van der Waals surface area contributed by atoms with E-state index in [1.54, 1.807) is 0 Å². The van der Waals surface area contributed by atoms with E-state index < -0.39 is 12.0 Å². The maximum Gasteiger partial charge on any atom is 0.320 e. The van der Waals surface area contributed by atoms with Crippen LogP contribution in [0.3, 0.4) is 0 Å². The number of hydrogen-bond donors (Lipinski definition) is 2. The largest absolute Gasteiger partial charge is 0.480 e. The SMILES string of the molecule is C=C(Br)CC(N)C(=O)O. The van der Waals surface area contributed by atoms with E-state index in [0.717, 1.165) is 0 Å². The summed E-state index contributed by atoms with van der Waals surface area (Å²) >= 11 is 3.01. The summed E-state index contributed by atoms with van der Waals surface area (Å²) < 4.78 is 0.609. The van der Waals surface area contributed by atoms with Crippen LogP contribution in [-0.4, -0.2) is 17.1 Å². The molecule has 0 aromatic carbocycles. The van der Waals surface area contributed by atoms with Crippen LogP contribution in [0.2, 0.25) is 0 Å². The van der Waals surface area contributed by atoms with Gasteiger partial charge >= 0.3 is 5.97 Å². The van der Waals surface area contributed by atoms with Gasteiger partial charge in [0.1, 0.15) is 6.04 Å². The van der Waals surface area contributed by atoms with Crippen molar-refractivity contribution in [3.8, 4) is 0 Å². The normalized spacial score (nSPS) is 12.7. The quantitative estimate of drug-likeness (QED) is 0.694. The van der Waals surface area contributed by atoms with Gasteiger partial charge in [0.15, 0.2) is 0 Å². The van der Waals surface area contributed by atoms with Crippen LogP contribution in [0, 0.1) is 0 Å². The van der Waals surface area contributed by atoms with Crippen molar-refractivity contribution < 1.29 is 9.90 Å². The van der Waals surface area contributed by atoms with Crippen molar-refractivity contribution in [2.24, 2.45) is 5.73 Å². The third kappa shape index (κ3) is 4.17. The first-order valence-electron chi connectivity index (χ1n) is 2.35. The molecule has 0 spiro atoms. The van der Waals surface area contributed by atoms with Crippen LogP contribution in [0.4, 0.5) is 0 Å². The van der Waals surface area contributed by atoms with Gasteiger partial charge in [-0.05, 0) is 4.48 Å². The summed E-state index contributed by atoms with van der Waals surface area (Å²) in [6, 6.07) is -0.836. The van der Waals surface area contributed by atoms with E-state index in [9.17, 15) is 4.79 Å². The molecule has 52 valence electrons. The Hall–Kier alpha value is -0.350. The van der Waals surface area contributed by atoms with E-state index >= 15 is 0 Å². The highest BCUT2D eigenvalue weighted by Crippen LogP contribution is 2.07. The second-order valence-corrected chi connectivity index (χ2v) is 2.79. The van der Waals surface area contributed by atoms with E-state index in [1.165, 1.54) is 0 Å². The Bertz CT molecular complexity index is 135. The molecule has 0 radical (unpaired) electrons. The molecule has 4 heteroatoms. The van der Waals surface area contributed by atoms with Crippen molar-refractivity contribution in [2.75, 3.05) is 0 Å². The van der Waals surface area contributed by atoms with E-state index in [0.29, 0.717) is 4.48 Å². The lowest BCUT2D eigenvalue weighted by atomic mass is 10.2. The van der Waals surface area contributed by atoms with Gasteiger partial charge < -0.3 is 10.8 Å². The number of hydrogen-bond acceptors (Lipinski definition) is 2. The lowest BCUT2D eigenvalue weighted by molar-refractivity contribution is -0.138. The smallest absolute Gasteiger partial charge is 0.320 e. The maximum atomic E-state index is 10.0. The Morgan fingerprint density at radius 1 is 1.89 bits per heavy atom. The third-order valence-electron chi connectivity index (χ3n) is 0.759. The van der Waals surface area contributed by atoms with Crippen LogP contribution in [0.25, 0.3) is 0 Å².